The van der Waals surface area contributed by atoms with Crippen LogP contribution in [0.5, 0.6) is 11.5 Å². The third-order valence-electron chi connectivity index (χ3n) is 5.44. The Hall–Kier alpha value is -2.72. The minimum absolute atomic E-state index is 0.0479. The standard InChI is InChI=1S/C24H22Cl4N2O7/c1-10(2)7-13(30-22(32)16-17(23(30)33)19(26)21(28)20(27)18(16)25)24(34)37-9-15(31)29-12-8-11(35-3)5-6-14(12)36-4/h5-6,8,10,13H,7,9H2,1-4H3,(H,29,31)/t13-/m0/s1. The Kier molecular flexibility index (Phi) is 9.18. The number of carbonyl (C=O) groups is 4. The number of anilines is 1. The van der Waals surface area contributed by atoms with E-state index in [2.05, 4.69) is 5.32 Å². The van der Waals surface area contributed by atoms with E-state index in [9.17, 15) is 19.2 Å². The van der Waals surface area contributed by atoms with Gasteiger partial charge in [0.25, 0.3) is 17.7 Å². The van der Waals surface area contributed by atoms with Gasteiger partial charge in [-0.05, 0) is 24.5 Å². The molecule has 0 saturated heterocycles. The number of hydrogen-bond acceptors (Lipinski definition) is 7. The molecule has 0 unspecified atom stereocenters. The van der Waals surface area contributed by atoms with E-state index in [0.29, 0.717) is 22.1 Å². The average molecular weight is 592 g/mol. The molecule has 3 rings (SSSR count). The quantitative estimate of drug-likeness (QED) is 0.177. The second kappa shape index (κ2) is 11.8. The molecule has 0 bridgehead atoms. The first kappa shape index (κ1) is 28.8. The lowest BCUT2D eigenvalue weighted by atomic mass is 10.0. The zero-order valence-electron chi connectivity index (χ0n) is 20.1. The van der Waals surface area contributed by atoms with E-state index < -0.39 is 36.3 Å². The number of ether oxygens (including phenoxy) is 3. The summed E-state index contributed by atoms with van der Waals surface area (Å²) in [4.78, 5) is 52.8. The molecule has 1 N–H and O–H groups in total. The lowest BCUT2D eigenvalue weighted by Gasteiger charge is -2.26. The van der Waals surface area contributed by atoms with Gasteiger partial charge in [0.15, 0.2) is 6.61 Å². The molecule has 1 aliphatic heterocycles. The summed E-state index contributed by atoms with van der Waals surface area (Å²) in [6.07, 6.45) is 0.0479. The number of methoxy groups -OCH3 is 2. The Balaban J connectivity index is 1.82. The molecule has 9 nitrogen and oxygen atoms in total. The first-order valence-electron chi connectivity index (χ1n) is 10.8. The highest BCUT2D eigenvalue weighted by Gasteiger charge is 2.47. The summed E-state index contributed by atoms with van der Waals surface area (Å²) in [5.74, 6) is -2.73. The van der Waals surface area contributed by atoms with Gasteiger partial charge in [0.1, 0.15) is 17.5 Å². The van der Waals surface area contributed by atoms with Crippen LogP contribution >= 0.6 is 46.4 Å². The largest absolute Gasteiger partial charge is 0.497 e. The Bertz CT molecular complexity index is 1240. The van der Waals surface area contributed by atoms with Crippen LogP contribution in [-0.2, 0) is 14.3 Å². The molecule has 0 aromatic heterocycles. The summed E-state index contributed by atoms with van der Waals surface area (Å²) in [5, 5.41) is 1.67. The number of amides is 3. The van der Waals surface area contributed by atoms with Gasteiger partial charge in [0.2, 0.25) is 0 Å². The third kappa shape index (κ3) is 5.75. The molecule has 0 aliphatic carbocycles. The topological polar surface area (TPSA) is 111 Å². The smallest absolute Gasteiger partial charge is 0.329 e. The van der Waals surface area contributed by atoms with Gasteiger partial charge in [-0.3, -0.25) is 19.3 Å². The highest BCUT2D eigenvalue weighted by atomic mass is 35.5. The number of fused-ring (bicyclic) bond motifs is 1. The summed E-state index contributed by atoms with van der Waals surface area (Å²) >= 11 is 24.5. The van der Waals surface area contributed by atoms with Crippen molar-refractivity contribution in [2.75, 3.05) is 26.1 Å². The van der Waals surface area contributed by atoms with Crippen LogP contribution in [0.4, 0.5) is 5.69 Å². The first-order valence-corrected chi connectivity index (χ1v) is 12.4. The molecule has 0 spiro atoms. The van der Waals surface area contributed by atoms with Crippen molar-refractivity contribution in [1.82, 2.24) is 4.90 Å². The van der Waals surface area contributed by atoms with E-state index >= 15 is 0 Å². The number of carbonyl (C=O) groups excluding carboxylic acids is 4. The van der Waals surface area contributed by atoms with Crippen molar-refractivity contribution in [3.63, 3.8) is 0 Å². The maximum atomic E-state index is 13.2. The molecule has 2 aromatic rings. The molecule has 0 radical (unpaired) electrons. The number of benzene rings is 2. The Morgan fingerprint density at radius 1 is 0.919 bits per heavy atom. The van der Waals surface area contributed by atoms with Crippen LogP contribution in [0.2, 0.25) is 20.1 Å². The van der Waals surface area contributed by atoms with Crippen LogP contribution in [0.3, 0.4) is 0 Å². The maximum absolute atomic E-state index is 13.2. The predicted molar refractivity (Wildman–Crippen MR) is 139 cm³/mol. The summed E-state index contributed by atoms with van der Waals surface area (Å²) in [7, 11) is 2.89. The van der Waals surface area contributed by atoms with E-state index in [1.54, 1.807) is 26.0 Å². The molecule has 0 fully saturated rings. The van der Waals surface area contributed by atoms with Gasteiger partial charge in [-0.15, -0.1) is 0 Å². The van der Waals surface area contributed by atoms with Crippen molar-refractivity contribution < 1.29 is 33.4 Å². The van der Waals surface area contributed by atoms with Crippen LogP contribution in [0, 0.1) is 5.92 Å². The Morgan fingerprint density at radius 2 is 1.49 bits per heavy atom. The molecule has 0 saturated carbocycles. The zero-order chi connectivity index (χ0) is 27.6. The maximum Gasteiger partial charge on any atom is 0.329 e. The van der Waals surface area contributed by atoms with Gasteiger partial charge < -0.3 is 19.5 Å². The van der Waals surface area contributed by atoms with Gasteiger partial charge in [-0.1, -0.05) is 60.3 Å². The summed E-state index contributed by atoms with van der Waals surface area (Å²) < 4.78 is 15.5. The fourth-order valence-corrected chi connectivity index (χ4v) is 4.75. The number of imide groups is 1. The normalized spacial score (nSPS) is 13.5. The molecule has 198 valence electrons. The van der Waals surface area contributed by atoms with Crippen molar-refractivity contribution in [2.45, 2.75) is 26.3 Å². The summed E-state index contributed by atoms with van der Waals surface area (Å²) in [5.41, 5.74) is -0.217. The second-order valence-electron chi connectivity index (χ2n) is 8.35. The summed E-state index contributed by atoms with van der Waals surface area (Å²) in [6.45, 7) is 2.87. The fraction of sp³-hybridized carbons (Fsp3) is 0.333. The minimum Gasteiger partial charge on any atom is -0.497 e. The lowest BCUT2D eigenvalue weighted by Crippen LogP contribution is -2.47. The number of hydrogen-bond donors (Lipinski definition) is 1. The van der Waals surface area contributed by atoms with Crippen molar-refractivity contribution >= 4 is 75.8 Å². The van der Waals surface area contributed by atoms with Gasteiger partial charge in [0, 0.05) is 6.07 Å². The van der Waals surface area contributed by atoms with Crippen molar-refractivity contribution in [3.05, 3.63) is 49.4 Å². The van der Waals surface area contributed by atoms with Crippen LogP contribution in [0.1, 0.15) is 41.0 Å². The van der Waals surface area contributed by atoms with Gasteiger partial charge in [0.05, 0.1) is 51.1 Å². The minimum atomic E-state index is -1.36. The molecule has 13 heteroatoms. The fourth-order valence-electron chi connectivity index (χ4n) is 3.73. The van der Waals surface area contributed by atoms with Crippen LogP contribution in [0.25, 0.3) is 0 Å². The number of halogens is 4. The molecule has 2 aromatic carbocycles. The van der Waals surface area contributed by atoms with E-state index in [4.69, 9.17) is 60.6 Å². The molecule has 3 amide bonds. The van der Waals surface area contributed by atoms with Crippen LogP contribution < -0.4 is 14.8 Å². The number of rotatable bonds is 9. The SMILES string of the molecule is COc1ccc(OC)c(NC(=O)COC(=O)[C@H](CC(C)C)N2C(=O)c3c(Cl)c(Cl)c(Cl)c(Cl)c3C2=O)c1. The molecular weight excluding hydrogens is 570 g/mol. The van der Waals surface area contributed by atoms with E-state index in [-0.39, 0.29) is 43.6 Å². The monoisotopic (exact) mass is 590 g/mol. The van der Waals surface area contributed by atoms with E-state index in [1.165, 1.54) is 20.3 Å². The van der Waals surface area contributed by atoms with E-state index in [0.717, 1.165) is 0 Å². The first-order chi connectivity index (χ1) is 17.4. The number of nitrogens with one attached hydrogen (secondary N) is 1. The van der Waals surface area contributed by atoms with Gasteiger partial charge in [-0.2, -0.15) is 0 Å². The van der Waals surface area contributed by atoms with Crippen molar-refractivity contribution in [3.8, 4) is 11.5 Å². The van der Waals surface area contributed by atoms with Crippen LogP contribution in [0.15, 0.2) is 18.2 Å². The molecule has 1 heterocycles. The Labute approximate surface area is 232 Å². The third-order valence-corrected chi connectivity index (χ3v) is 7.24. The zero-order valence-corrected chi connectivity index (χ0v) is 23.1. The molecular formula is C24H22Cl4N2O7. The molecule has 1 aliphatic rings. The number of esters is 1. The lowest BCUT2D eigenvalue weighted by molar-refractivity contribution is -0.151. The molecule has 37 heavy (non-hydrogen) atoms. The summed E-state index contributed by atoms with van der Waals surface area (Å²) in [6, 6.07) is 3.40. The van der Waals surface area contributed by atoms with Crippen molar-refractivity contribution in [1.29, 1.82) is 0 Å². The highest BCUT2D eigenvalue weighted by Crippen LogP contribution is 2.45. The highest BCUT2D eigenvalue weighted by molar-refractivity contribution is 6.55. The number of nitrogens with zero attached hydrogens (tertiary/aromatic N) is 1. The van der Waals surface area contributed by atoms with Crippen LogP contribution in [-0.4, -0.2) is 55.5 Å². The van der Waals surface area contributed by atoms with E-state index in [1.807, 2.05) is 0 Å². The predicted octanol–water partition coefficient (Wildman–Crippen LogP) is 5.51. The van der Waals surface area contributed by atoms with Gasteiger partial charge >= 0.3 is 5.97 Å². The Morgan fingerprint density at radius 3 is 1.97 bits per heavy atom. The second-order valence-corrected chi connectivity index (χ2v) is 9.87. The van der Waals surface area contributed by atoms with Crippen molar-refractivity contribution in [2.24, 2.45) is 5.92 Å². The average Bonchev–Trinajstić information content (AvgIpc) is 3.12. The van der Waals surface area contributed by atoms with Gasteiger partial charge in [-0.25, -0.2) is 4.79 Å². The molecule has 1 atom stereocenters.